The topological polar surface area (TPSA) is 57.4 Å². The highest BCUT2D eigenvalue weighted by molar-refractivity contribution is 6.83. The van der Waals surface area contributed by atoms with E-state index in [1.165, 1.54) is 11.1 Å². The molecule has 2 aliphatic heterocycles. The summed E-state index contributed by atoms with van der Waals surface area (Å²) in [6, 6.07) is 45.3. The van der Waals surface area contributed by atoms with Gasteiger partial charge in [-0.25, -0.2) is 9.97 Å². The molecule has 9 rings (SSSR count). The fourth-order valence-electron chi connectivity index (χ4n) is 7.45. The third-order valence-electron chi connectivity index (χ3n) is 10.3. The highest BCUT2D eigenvalue weighted by Gasteiger charge is 2.19. The van der Waals surface area contributed by atoms with Gasteiger partial charge in [-0.1, -0.05) is 128 Å². The number of aromatic amines is 2. The van der Waals surface area contributed by atoms with Crippen LogP contribution in [0.15, 0.2) is 127 Å². The molecule has 8 bridgehead atoms. The second-order valence-electron chi connectivity index (χ2n) is 15.7. The molecule has 5 heteroatoms. The van der Waals surface area contributed by atoms with E-state index in [0.717, 1.165) is 94.9 Å². The predicted molar refractivity (Wildman–Crippen MR) is 240 cm³/mol. The van der Waals surface area contributed by atoms with E-state index < -0.39 is 8.07 Å². The van der Waals surface area contributed by atoms with Gasteiger partial charge in [0.25, 0.3) is 0 Å². The van der Waals surface area contributed by atoms with Crippen LogP contribution in [0.3, 0.4) is 0 Å². The van der Waals surface area contributed by atoms with Crippen LogP contribution in [0.2, 0.25) is 19.6 Å². The standard InChI is InChI=1S/C51H42N4Si/c1-33-11-17-37(18-12-33)49-42-25-23-40(52-42)48(36-9-7-6-8-10-36)41-24-26-43(53-41)50(38-19-13-34(2)14-20-38)45-28-30-47(55-45)51(46-29-27-44(49)54-46)39-21-15-35(16-22-39)31-32-56(3,4)5/h6-30,52,55H,1-5H3. The fraction of sp³-hybridized carbons (Fsp3) is 0.0980. The SMILES string of the molecule is Cc1ccc(-c2c3nc(c(-c4ccc(C#C[Si](C)(C)C)cc4)c4ccc([nH]4)c(-c4ccc(C)cc4)c4nc(c(-c5ccccc5)c5ccc2[nH]5)C=C4)C=C3)cc1. The first-order chi connectivity index (χ1) is 27.2. The van der Waals surface area contributed by atoms with Gasteiger partial charge in [-0.2, -0.15) is 0 Å². The lowest BCUT2D eigenvalue weighted by Crippen LogP contribution is -2.16. The van der Waals surface area contributed by atoms with Crippen molar-refractivity contribution in [2.45, 2.75) is 33.5 Å². The van der Waals surface area contributed by atoms with Crippen LogP contribution in [0.1, 0.15) is 39.5 Å². The molecule has 3 aromatic heterocycles. The Hall–Kier alpha value is -6.74. The molecule has 0 aliphatic carbocycles. The Morgan fingerprint density at radius 2 is 0.750 bits per heavy atom. The highest BCUT2D eigenvalue weighted by atomic mass is 28.3. The summed E-state index contributed by atoms with van der Waals surface area (Å²) >= 11 is 0. The summed E-state index contributed by atoms with van der Waals surface area (Å²) in [6.07, 6.45) is 8.59. The van der Waals surface area contributed by atoms with Crippen molar-refractivity contribution in [1.82, 2.24) is 19.9 Å². The van der Waals surface area contributed by atoms with E-state index in [9.17, 15) is 0 Å². The van der Waals surface area contributed by atoms with Crippen LogP contribution in [-0.2, 0) is 0 Å². The Labute approximate surface area is 329 Å². The lowest BCUT2D eigenvalue weighted by molar-refractivity contribution is 1.31. The van der Waals surface area contributed by atoms with E-state index >= 15 is 0 Å². The summed E-state index contributed by atoms with van der Waals surface area (Å²) in [5.74, 6) is 3.43. The quantitative estimate of drug-likeness (QED) is 0.140. The molecule has 0 amide bonds. The number of rotatable bonds is 4. The number of nitrogens with zero attached hydrogens (tertiary/aromatic N) is 2. The van der Waals surface area contributed by atoms with Crippen molar-refractivity contribution in [2.75, 3.05) is 0 Å². The Bertz CT molecular complexity index is 2880. The van der Waals surface area contributed by atoms with Gasteiger partial charge < -0.3 is 9.97 Å². The number of aromatic nitrogens is 4. The molecule has 0 saturated carbocycles. The van der Waals surface area contributed by atoms with Gasteiger partial charge in [0.15, 0.2) is 0 Å². The van der Waals surface area contributed by atoms with E-state index in [4.69, 9.17) is 9.97 Å². The van der Waals surface area contributed by atoms with Gasteiger partial charge in [-0.15, -0.1) is 5.54 Å². The zero-order valence-corrected chi connectivity index (χ0v) is 33.3. The van der Waals surface area contributed by atoms with Gasteiger partial charge in [0, 0.05) is 49.9 Å². The molecule has 0 spiro atoms. The van der Waals surface area contributed by atoms with Crippen LogP contribution in [0.5, 0.6) is 0 Å². The third-order valence-corrected chi connectivity index (χ3v) is 11.1. The van der Waals surface area contributed by atoms with Crippen molar-refractivity contribution in [3.8, 4) is 56.0 Å². The van der Waals surface area contributed by atoms with Gasteiger partial charge in [0.1, 0.15) is 8.07 Å². The number of nitrogens with one attached hydrogen (secondary N) is 2. The largest absolute Gasteiger partial charge is 0.354 e. The molecule has 0 fully saturated rings. The molecule has 270 valence electrons. The first-order valence-electron chi connectivity index (χ1n) is 19.2. The Morgan fingerprint density at radius 1 is 0.411 bits per heavy atom. The van der Waals surface area contributed by atoms with Crippen LogP contribution in [-0.4, -0.2) is 28.0 Å². The molecule has 2 N–H and O–H groups in total. The minimum Gasteiger partial charge on any atom is -0.354 e. The normalized spacial score (nSPS) is 12.1. The Morgan fingerprint density at radius 3 is 1.11 bits per heavy atom. The van der Waals surface area contributed by atoms with Gasteiger partial charge in [-0.3, -0.25) is 0 Å². The zero-order chi connectivity index (χ0) is 38.4. The van der Waals surface area contributed by atoms with Crippen molar-refractivity contribution >= 4 is 54.4 Å². The molecule has 4 aromatic carbocycles. The summed E-state index contributed by atoms with van der Waals surface area (Å²) in [5.41, 5.74) is 23.0. The Balaban J connectivity index is 1.42. The van der Waals surface area contributed by atoms with Gasteiger partial charge >= 0.3 is 0 Å². The van der Waals surface area contributed by atoms with Crippen LogP contribution in [0.25, 0.3) is 90.9 Å². The molecule has 0 radical (unpaired) electrons. The summed E-state index contributed by atoms with van der Waals surface area (Å²) in [4.78, 5) is 18.6. The molecule has 0 atom stereocenters. The van der Waals surface area contributed by atoms with Crippen LogP contribution in [0, 0.1) is 25.3 Å². The van der Waals surface area contributed by atoms with E-state index in [0.29, 0.717) is 0 Å². The second kappa shape index (κ2) is 14.2. The monoisotopic (exact) mass is 738 g/mol. The fourth-order valence-corrected chi connectivity index (χ4v) is 7.96. The minimum atomic E-state index is -1.52. The number of H-pyrrole nitrogens is 2. The van der Waals surface area contributed by atoms with E-state index in [-0.39, 0.29) is 0 Å². The van der Waals surface area contributed by atoms with Crippen molar-refractivity contribution in [1.29, 1.82) is 0 Å². The third kappa shape index (κ3) is 6.88. The van der Waals surface area contributed by atoms with Gasteiger partial charge in [-0.05, 0) is 96.8 Å². The smallest absolute Gasteiger partial charge is 0.129 e. The molecule has 0 unspecified atom stereocenters. The molecule has 4 nitrogen and oxygen atoms in total. The molecule has 7 aromatic rings. The van der Waals surface area contributed by atoms with Crippen molar-refractivity contribution < 1.29 is 0 Å². The number of aryl methyl sites for hydroxylation is 2. The lowest BCUT2D eigenvalue weighted by atomic mass is 10.0. The minimum absolute atomic E-state index is 0.889. The molecular formula is C51H42N4Si. The van der Waals surface area contributed by atoms with Gasteiger partial charge in [0.2, 0.25) is 0 Å². The number of hydrogen-bond acceptors (Lipinski definition) is 2. The maximum Gasteiger partial charge on any atom is 0.129 e. The van der Waals surface area contributed by atoms with Crippen LogP contribution >= 0.6 is 0 Å². The Kier molecular flexibility index (Phi) is 8.84. The lowest BCUT2D eigenvalue weighted by Gasteiger charge is -2.07. The summed E-state index contributed by atoms with van der Waals surface area (Å²) < 4.78 is 0. The molecule has 2 aliphatic rings. The van der Waals surface area contributed by atoms with E-state index in [2.05, 4.69) is 207 Å². The predicted octanol–water partition coefficient (Wildman–Crippen LogP) is 13.2. The number of hydrogen-bond donors (Lipinski definition) is 2. The maximum absolute atomic E-state index is 5.45. The molecule has 56 heavy (non-hydrogen) atoms. The average Bonchev–Trinajstić information content (AvgIpc) is 4.04. The summed E-state index contributed by atoms with van der Waals surface area (Å²) in [5, 5.41) is 0. The average molecular weight is 739 g/mol. The van der Waals surface area contributed by atoms with E-state index in [1.807, 2.05) is 0 Å². The molecule has 5 heterocycles. The summed E-state index contributed by atoms with van der Waals surface area (Å²) in [7, 11) is -1.52. The van der Waals surface area contributed by atoms with E-state index in [1.54, 1.807) is 0 Å². The summed E-state index contributed by atoms with van der Waals surface area (Å²) in [6.45, 7) is 11.1. The van der Waals surface area contributed by atoms with Crippen LogP contribution < -0.4 is 0 Å². The number of benzene rings is 4. The second-order valence-corrected chi connectivity index (χ2v) is 20.4. The first kappa shape index (κ1) is 35.0. The van der Waals surface area contributed by atoms with Crippen LogP contribution in [0.4, 0.5) is 0 Å². The molecular weight excluding hydrogens is 697 g/mol. The number of fused-ring (bicyclic) bond motifs is 8. The maximum atomic E-state index is 5.45. The molecule has 0 saturated heterocycles. The van der Waals surface area contributed by atoms with Crippen molar-refractivity contribution in [3.05, 3.63) is 167 Å². The van der Waals surface area contributed by atoms with Crippen molar-refractivity contribution in [2.24, 2.45) is 0 Å². The van der Waals surface area contributed by atoms with Gasteiger partial charge in [0.05, 0.1) is 22.8 Å². The first-order valence-corrected chi connectivity index (χ1v) is 22.7. The highest BCUT2D eigenvalue weighted by Crippen LogP contribution is 2.38. The van der Waals surface area contributed by atoms with Crippen molar-refractivity contribution in [3.63, 3.8) is 0 Å². The zero-order valence-electron chi connectivity index (χ0n) is 32.3.